The van der Waals surface area contributed by atoms with Gasteiger partial charge >= 0.3 is 0 Å². The van der Waals surface area contributed by atoms with Crippen molar-refractivity contribution in [1.29, 1.82) is 0 Å². The number of carbonyl (C=O) groups excluding carboxylic acids is 2. The van der Waals surface area contributed by atoms with Gasteiger partial charge in [0.05, 0.1) is 20.6 Å². The van der Waals surface area contributed by atoms with E-state index in [2.05, 4.69) is 5.32 Å². The Kier molecular flexibility index (Phi) is 10.8. The minimum atomic E-state index is -4.18. The van der Waals surface area contributed by atoms with E-state index in [1.54, 1.807) is 42.5 Å². The molecule has 3 aromatic carbocycles. The molecule has 0 aromatic heterocycles. The van der Waals surface area contributed by atoms with E-state index in [1.807, 2.05) is 13.8 Å². The summed E-state index contributed by atoms with van der Waals surface area (Å²) >= 11 is 18.4. The van der Waals surface area contributed by atoms with Gasteiger partial charge in [-0.15, -0.1) is 0 Å². The summed E-state index contributed by atoms with van der Waals surface area (Å²) in [5, 5.41) is 4.17. The summed E-state index contributed by atoms with van der Waals surface area (Å²) in [6.07, 6.45) is 4.20. The fraction of sp³-hybridized carbons (Fsp3) is 0.355. The second-order valence-electron chi connectivity index (χ2n) is 10.5. The van der Waals surface area contributed by atoms with E-state index < -0.39 is 28.5 Å². The van der Waals surface area contributed by atoms with Gasteiger partial charge in [0, 0.05) is 17.6 Å². The van der Waals surface area contributed by atoms with Gasteiger partial charge in [0.1, 0.15) is 12.6 Å². The molecule has 4 rings (SSSR count). The minimum absolute atomic E-state index is 0.0117. The summed E-state index contributed by atoms with van der Waals surface area (Å²) in [6, 6.07) is 16.9. The van der Waals surface area contributed by atoms with Crippen molar-refractivity contribution in [2.24, 2.45) is 0 Å². The molecule has 0 spiro atoms. The van der Waals surface area contributed by atoms with Crippen LogP contribution in [0.3, 0.4) is 0 Å². The van der Waals surface area contributed by atoms with Crippen LogP contribution in [0.25, 0.3) is 0 Å². The van der Waals surface area contributed by atoms with Crippen molar-refractivity contribution in [2.45, 2.75) is 69.5 Å². The van der Waals surface area contributed by atoms with E-state index in [4.69, 9.17) is 34.8 Å². The molecule has 1 aliphatic carbocycles. The molecule has 11 heteroatoms. The van der Waals surface area contributed by atoms with Gasteiger partial charge in [-0.05, 0) is 80.3 Å². The standard InChI is InChI=1S/C31H34Cl3N3O4S/c1-3-29(31(39)35-24-6-4-5-7-24)36(19-22-10-17-27(33)28(34)18-22)30(38)20-37(25-13-8-21(2)9-14-25)42(40,41)26-15-11-23(32)12-16-26/h8-18,24,29H,3-7,19-20H2,1-2H3,(H,35,39). The number of sulfonamides is 1. The van der Waals surface area contributed by atoms with Crippen LogP contribution in [0.1, 0.15) is 50.2 Å². The number of carbonyl (C=O) groups is 2. The number of aryl methyl sites for hydroxylation is 1. The van der Waals surface area contributed by atoms with Crippen LogP contribution in [0.4, 0.5) is 5.69 Å². The van der Waals surface area contributed by atoms with Crippen molar-refractivity contribution in [1.82, 2.24) is 10.2 Å². The number of hydrogen-bond acceptors (Lipinski definition) is 4. The topological polar surface area (TPSA) is 86.8 Å². The fourth-order valence-electron chi connectivity index (χ4n) is 5.10. The first-order chi connectivity index (χ1) is 20.0. The van der Waals surface area contributed by atoms with Crippen LogP contribution < -0.4 is 9.62 Å². The Hall–Kier alpha value is -2.78. The average Bonchev–Trinajstić information content (AvgIpc) is 3.47. The Morgan fingerprint density at radius 1 is 0.929 bits per heavy atom. The van der Waals surface area contributed by atoms with Gasteiger partial charge < -0.3 is 10.2 Å². The Balaban J connectivity index is 1.72. The van der Waals surface area contributed by atoms with Gasteiger partial charge in [-0.3, -0.25) is 13.9 Å². The Morgan fingerprint density at radius 3 is 2.17 bits per heavy atom. The SMILES string of the molecule is CCC(C(=O)NC1CCCC1)N(Cc1ccc(Cl)c(Cl)c1)C(=O)CN(c1ccc(C)cc1)S(=O)(=O)c1ccc(Cl)cc1. The molecule has 1 fully saturated rings. The molecule has 1 saturated carbocycles. The molecule has 1 N–H and O–H groups in total. The number of halogens is 3. The maximum atomic E-state index is 14.2. The monoisotopic (exact) mass is 649 g/mol. The Bertz CT molecular complexity index is 1510. The normalized spacial score (nSPS) is 14.4. The first-order valence-corrected chi connectivity index (χ1v) is 16.5. The zero-order chi connectivity index (χ0) is 30.4. The van der Waals surface area contributed by atoms with Crippen molar-refractivity contribution < 1.29 is 18.0 Å². The molecule has 0 saturated heterocycles. The average molecular weight is 651 g/mol. The molecule has 1 atom stereocenters. The largest absolute Gasteiger partial charge is 0.352 e. The highest BCUT2D eigenvalue weighted by Gasteiger charge is 2.34. The third-order valence-electron chi connectivity index (χ3n) is 7.43. The van der Waals surface area contributed by atoms with Crippen LogP contribution in [0.2, 0.25) is 15.1 Å². The minimum Gasteiger partial charge on any atom is -0.352 e. The molecular weight excluding hydrogens is 617 g/mol. The van der Waals surface area contributed by atoms with Crippen LogP contribution in [-0.2, 0) is 26.2 Å². The number of nitrogens with one attached hydrogen (secondary N) is 1. The lowest BCUT2D eigenvalue weighted by Crippen LogP contribution is -2.53. The lowest BCUT2D eigenvalue weighted by atomic mass is 10.1. The third-order valence-corrected chi connectivity index (χ3v) is 10.2. The van der Waals surface area contributed by atoms with Crippen molar-refractivity contribution >= 4 is 62.3 Å². The molecule has 3 aromatic rings. The molecule has 0 aliphatic heterocycles. The van der Waals surface area contributed by atoms with Crippen molar-refractivity contribution in [2.75, 3.05) is 10.8 Å². The second-order valence-corrected chi connectivity index (χ2v) is 13.6. The summed E-state index contributed by atoms with van der Waals surface area (Å²) in [5.41, 5.74) is 1.92. The number of benzene rings is 3. The summed E-state index contributed by atoms with van der Waals surface area (Å²) < 4.78 is 28.9. The van der Waals surface area contributed by atoms with Crippen molar-refractivity contribution in [3.63, 3.8) is 0 Å². The number of amides is 2. The molecule has 0 radical (unpaired) electrons. The summed E-state index contributed by atoms with van der Waals surface area (Å²) in [4.78, 5) is 29.1. The van der Waals surface area contributed by atoms with Gasteiger partial charge in [0.2, 0.25) is 11.8 Å². The van der Waals surface area contributed by atoms with Crippen molar-refractivity contribution in [3.05, 3.63) is 92.9 Å². The summed E-state index contributed by atoms with van der Waals surface area (Å²) in [5.74, 6) is -0.798. The van der Waals surface area contributed by atoms with Gasteiger partial charge in [-0.2, -0.15) is 0 Å². The maximum absolute atomic E-state index is 14.2. The highest BCUT2D eigenvalue weighted by atomic mass is 35.5. The third kappa shape index (κ3) is 7.78. The molecular formula is C31H34Cl3N3O4S. The number of nitrogens with zero attached hydrogens (tertiary/aromatic N) is 2. The lowest BCUT2D eigenvalue weighted by molar-refractivity contribution is -0.140. The second kappa shape index (κ2) is 14.1. The number of rotatable bonds is 11. The van der Waals surface area contributed by atoms with E-state index in [-0.39, 0.29) is 23.4 Å². The smallest absolute Gasteiger partial charge is 0.264 e. The van der Waals surface area contributed by atoms with Crippen LogP contribution in [-0.4, -0.2) is 43.8 Å². The molecule has 0 bridgehead atoms. The van der Waals surface area contributed by atoms with Crippen LogP contribution in [0, 0.1) is 6.92 Å². The molecule has 42 heavy (non-hydrogen) atoms. The van der Waals surface area contributed by atoms with Crippen molar-refractivity contribution in [3.8, 4) is 0 Å². The van der Waals surface area contributed by atoms with Crippen LogP contribution in [0.5, 0.6) is 0 Å². The zero-order valence-corrected chi connectivity index (χ0v) is 26.6. The quantitative estimate of drug-likeness (QED) is 0.242. The summed E-state index contributed by atoms with van der Waals surface area (Å²) in [6.45, 7) is 3.23. The fourth-order valence-corrected chi connectivity index (χ4v) is 6.96. The highest BCUT2D eigenvalue weighted by Crippen LogP contribution is 2.28. The van der Waals surface area contributed by atoms with E-state index in [1.165, 1.54) is 29.2 Å². The molecule has 1 unspecified atom stereocenters. The molecule has 7 nitrogen and oxygen atoms in total. The lowest BCUT2D eigenvalue weighted by Gasteiger charge is -2.34. The van der Waals surface area contributed by atoms with Crippen LogP contribution in [0.15, 0.2) is 71.6 Å². The predicted octanol–water partition coefficient (Wildman–Crippen LogP) is 7.02. The molecule has 1 aliphatic rings. The van der Waals surface area contributed by atoms with E-state index in [9.17, 15) is 18.0 Å². The van der Waals surface area contributed by atoms with Gasteiger partial charge in [-0.25, -0.2) is 8.42 Å². The van der Waals surface area contributed by atoms with E-state index in [0.717, 1.165) is 35.6 Å². The summed E-state index contributed by atoms with van der Waals surface area (Å²) in [7, 11) is -4.18. The van der Waals surface area contributed by atoms with Crippen LogP contribution >= 0.6 is 34.8 Å². The Morgan fingerprint density at radius 2 is 1.57 bits per heavy atom. The first kappa shape index (κ1) is 32.1. The highest BCUT2D eigenvalue weighted by molar-refractivity contribution is 7.92. The Labute approximate surface area is 262 Å². The zero-order valence-electron chi connectivity index (χ0n) is 23.5. The number of hydrogen-bond donors (Lipinski definition) is 1. The number of anilines is 1. The maximum Gasteiger partial charge on any atom is 0.264 e. The van der Waals surface area contributed by atoms with Gasteiger partial charge in [0.15, 0.2) is 0 Å². The molecule has 0 heterocycles. The van der Waals surface area contributed by atoms with Gasteiger partial charge in [-0.1, -0.05) is 78.3 Å². The molecule has 2 amide bonds. The van der Waals surface area contributed by atoms with Gasteiger partial charge in [0.25, 0.3) is 10.0 Å². The van der Waals surface area contributed by atoms with E-state index >= 15 is 0 Å². The predicted molar refractivity (Wildman–Crippen MR) is 169 cm³/mol. The first-order valence-electron chi connectivity index (χ1n) is 13.9. The molecule has 224 valence electrons. The van der Waals surface area contributed by atoms with E-state index in [0.29, 0.717) is 32.7 Å².